The molecule has 0 saturated carbocycles. The summed E-state index contributed by atoms with van der Waals surface area (Å²) >= 11 is 0. The van der Waals surface area contributed by atoms with E-state index in [0.717, 1.165) is 32.1 Å². The lowest BCUT2D eigenvalue weighted by molar-refractivity contribution is 0.0682. The third-order valence-corrected chi connectivity index (χ3v) is 4.61. The molecule has 0 amide bonds. The Balaban J connectivity index is 1.49. The number of methoxy groups -OCH3 is 1. The molecule has 0 aliphatic heterocycles. The molecule has 8 heteroatoms. The Morgan fingerprint density at radius 1 is 1.03 bits per heavy atom. The van der Waals surface area contributed by atoms with Crippen molar-refractivity contribution in [2.45, 2.75) is 38.5 Å². The van der Waals surface area contributed by atoms with Gasteiger partial charge in [0.15, 0.2) is 5.76 Å². The zero-order chi connectivity index (χ0) is 21.3. The van der Waals surface area contributed by atoms with Crippen molar-refractivity contribution >= 4 is 11.8 Å². The number of benzene rings is 1. The lowest BCUT2D eigenvalue weighted by atomic mass is 10.0. The van der Waals surface area contributed by atoms with Crippen molar-refractivity contribution in [3.05, 3.63) is 60.0 Å². The summed E-state index contributed by atoms with van der Waals surface area (Å²) in [7, 11) is 1.36. The van der Waals surface area contributed by atoms with Gasteiger partial charge in [0.1, 0.15) is 0 Å². The minimum absolute atomic E-state index is 0.0126. The van der Waals surface area contributed by atoms with E-state index in [1.54, 1.807) is 0 Å². The molecule has 1 N–H and O–H groups in total. The molecule has 156 valence electrons. The molecular formula is C22H23N3O5. The summed E-state index contributed by atoms with van der Waals surface area (Å²) in [5, 5.41) is 8.98. The summed E-state index contributed by atoms with van der Waals surface area (Å²) in [6, 6.07) is 10.3. The molecule has 0 aliphatic rings. The zero-order valence-corrected chi connectivity index (χ0v) is 16.7. The van der Waals surface area contributed by atoms with Gasteiger partial charge in [0.2, 0.25) is 17.5 Å². The minimum Gasteiger partial charge on any atom is -0.480 e. The fourth-order valence-corrected chi connectivity index (χ4v) is 3.04. The first kappa shape index (κ1) is 21.2. The Morgan fingerprint density at radius 2 is 1.80 bits per heavy atom. The second-order valence-corrected chi connectivity index (χ2v) is 6.77. The van der Waals surface area contributed by atoms with Crippen LogP contribution in [0.3, 0.4) is 0 Å². The SMILES string of the molecule is COc1nc(C(=O)O)ncc1-c1cnc(C(=O)CCCCCCc2ccccc2)o1. The van der Waals surface area contributed by atoms with Crippen LogP contribution in [0.1, 0.15) is 59.0 Å². The summed E-state index contributed by atoms with van der Waals surface area (Å²) in [6.07, 6.45) is 7.94. The van der Waals surface area contributed by atoms with E-state index in [2.05, 4.69) is 27.1 Å². The van der Waals surface area contributed by atoms with E-state index in [1.807, 2.05) is 18.2 Å². The average Bonchev–Trinajstić information content (AvgIpc) is 3.26. The summed E-state index contributed by atoms with van der Waals surface area (Å²) in [4.78, 5) is 34.9. The van der Waals surface area contributed by atoms with Gasteiger partial charge in [-0.25, -0.2) is 14.8 Å². The molecule has 2 heterocycles. The van der Waals surface area contributed by atoms with Gasteiger partial charge in [0, 0.05) is 12.6 Å². The maximum Gasteiger partial charge on any atom is 0.374 e. The second kappa shape index (κ2) is 10.3. The third-order valence-electron chi connectivity index (χ3n) is 4.61. The summed E-state index contributed by atoms with van der Waals surface area (Å²) in [6.45, 7) is 0. The molecule has 30 heavy (non-hydrogen) atoms. The van der Waals surface area contributed by atoms with Gasteiger partial charge in [-0.1, -0.05) is 43.2 Å². The van der Waals surface area contributed by atoms with E-state index in [1.165, 1.54) is 25.1 Å². The molecule has 0 spiro atoms. The number of Topliss-reactive ketones (excluding diaryl/α,β-unsaturated/α-hetero) is 1. The number of hydrogen-bond donors (Lipinski definition) is 1. The van der Waals surface area contributed by atoms with Crippen molar-refractivity contribution in [1.29, 1.82) is 0 Å². The standard InChI is InChI=1S/C22H23N3O5/c1-29-20-16(13-23-19(25-20)22(27)28)18-14-24-21(30-18)17(26)12-8-3-2-5-9-15-10-6-4-7-11-15/h4,6-7,10-11,13-14H,2-3,5,8-9,12H2,1H3,(H,27,28). The highest BCUT2D eigenvalue weighted by molar-refractivity contribution is 5.92. The maximum absolute atomic E-state index is 12.3. The molecule has 2 aromatic heterocycles. The Morgan fingerprint density at radius 3 is 2.53 bits per heavy atom. The molecule has 0 unspecified atom stereocenters. The van der Waals surface area contributed by atoms with Crippen molar-refractivity contribution in [3.8, 4) is 17.2 Å². The van der Waals surface area contributed by atoms with Crippen LogP contribution < -0.4 is 4.74 Å². The Bertz CT molecular complexity index is 1000. The topological polar surface area (TPSA) is 115 Å². The number of aryl methyl sites for hydroxylation is 1. The highest BCUT2D eigenvalue weighted by Crippen LogP contribution is 2.28. The summed E-state index contributed by atoms with van der Waals surface area (Å²) in [5.74, 6) is -1.54. The third kappa shape index (κ3) is 5.50. The van der Waals surface area contributed by atoms with E-state index >= 15 is 0 Å². The molecule has 8 nitrogen and oxygen atoms in total. The monoisotopic (exact) mass is 409 g/mol. The van der Waals surface area contributed by atoms with Crippen molar-refractivity contribution in [2.75, 3.05) is 7.11 Å². The number of hydrogen-bond acceptors (Lipinski definition) is 7. The Hall–Kier alpha value is -3.55. The molecular weight excluding hydrogens is 386 g/mol. The van der Waals surface area contributed by atoms with E-state index in [-0.39, 0.29) is 23.3 Å². The van der Waals surface area contributed by atoms with Gasteiger partial charge in [-0.05, 0) is 24.8 Å². The van der Waals surface area contributed by atoms with Crippen LogP contribution in [0.25, 0.3) is 11.3 Å². The van der Waals surface area contributed by atoms with Gasteiger partial charge in [0.05, 0.1) is 18.9 Å². The molecule has 0 radical (unpaired) electrons. The smallest absolute Gasteiger partial charge is 0.374 e. The highest BCUT2D eigenvalue weighted by atomic mass is 16.5. The molecule has 0 bridgehead atoms. The average molecular weight is 409 g/mol. The van der Waals surface area contributed by atoms with Gasteiger partial charge in [-0.15, -0.1) is 0 Å². The predicted octanol–water partition coefficient (Wildman–Crippen LogP) is 4.21. The number of unbranched alkanes of at least 4 members (excludes halogenated alkanes) is 3. The predicted molar refractivity (Wildman–Crippen MR) is 109 cm³/mol. The van der Waals surface area contributed by atoms with Gasteiger partial charge in [-0.3, -0.25) is 4.79 Å². The number of carboxylic acids is 1. The van der Waals surface area contributed by atoms with Gasteiger partial charge in [0.25, 0.3) is 5.89 Å². The number of nitrogens with zero attached hydrogens (tertiary/aromatic N) is 3. The van der Waals surface area contributed by atoms with Crippen LogP contribution in [0.4, 0.5) is 0 Å². The lowest BCUT2D eigenvalue weighted by Gasteiger charge is -2.04. The fraction of sp³-hybridized carbons (Fsp3) is 0.318. The number of oxazole rings is 1. The van der Waals surface area contributed by atoms with Gasteiger partial charge >= 0.3 is 5.97 Å². The number of carboxylic acid groups (broad SMARTS) is 1. The number of aromatic nitrogens is 3. The van der Waals surface area contributed by atoms with E-state index in [9.17, 15) is 9.59 Å². The number of ketones is 1. The molecule has 0 aliphatic carbocycles. The first-order chi connectivity index (χ1) is 14.6. The number of aromatic carboxylic acids is 1. The Labute approximate surface area is 174 Å². The van der Waals surface area contributed by atoms with Crippen molar-refractivity contribution in [1.82, 2.24) is 15.0 Å². The number of rotatable bonds is 11. The number of carbonyl (C=O) groups is 2. The lowest BCUT2D eigenvalue weighted by Crippen LogP contribution is -2.05. The summed E-state index contributed by atoms with van der Waals surface area (Å²) in [5.41, 5.74) is 1.66. The minimum atomic E-state index is -1.27. The van der Waals surface area contributed by atoms with Gasteiger partial charge < -0.3 is 14.3 Å². The molecule has 1 aromatic carbocycles. The molecule has 3 rings (SSSR count). The molecule has 3 aromatic rings. The second-order valence-electron chi connectivity index (χ2n) is 6.77. The van der Waals surface area contributed by atoms with Crippen molar-refractivity contribution in [2.24, 2.45) is 0 Å². The van der Waals surface area contributed by atoms with Crippen LogP contribution in [0, 0.1) is 0 Å². The van der Waals surface area contributed by atoms with Crippen LogP contribution in [0.2, 0.25) is 0 Å². The molecule has 0 atom stereocenters. The van der Waals surface area contributed by atoms with Crippen molar-refractivity contribution < 1.29 is 23.8 Å². The molecule has 0 saturated heterocycles. The van der Waals surface area contributed by atoms with Crippen LogP contribution in [-0.2, 0) is 6.42 Å². The maximum atomic E-state index is 12.3. The van der Waals surface area contributed by atoms with Gasteiger partial charge in [-0.2, -0.15) is 4.98 Å². The number of ether oxygens (including phenoxy) is 1. The van der Waals surface area contributed by atoms with Crippen LogP contribution >= 0.6 is 0 Å². The van der Waals surface area contributed by atoms with E-state index in [0.29, 0.717) is 12.0 Å². The fourth-order valence-electron chi connectivity index (χ4n) is 3.04. The first-order valence-corrected chi connectivity index (χ1v) is 9.76. The quantitative estimate of drug-likeness (QED) is 0.370. The van der Waals surface area contributed by atoms with E-state index < -0.39 is 11.8 Å². The van der Waals surface area contributed by atoms with E-state index in [4.69, 9.17) is 14.3 Å². The Kier molecular flexibility index (Phi) is 7.26. The summed E-state index contributed by atoms with van der Waals surface area (Å²) < 4.78 is 10.6. The number of carbonyl (C=O) groups excluding carboxylic acids is 1. The van der Waals surface area contributed by atoms with Crippen LogP contribution in [0.5, 0.6) is 5.88 Å². The van der Waals surface area contributed by atoms with Crippen LogP contribution in [-0.4, -0.2) is 38.9 Å². The highest BCUT2D eigenvalue weighted by Gasteiger charge is 2.19. The van der Waals surface area contributed by atoms with Crippen LogP contribution in [0.15, 0.2) is 47.1 Å². The normalized spacial score (nSPS) is 10.7. The first-order valence-electron chi connectivity index (χ1n) is 9.76. The zero-order valence-electron chi connectivity index (χ0n) is 16.7. The van der Waals surface area contributed by atoms with Crippen molar-refractivity contribution in [3.63, 3.8) is 0 Å². The largest absolute Gasteiger partial charge is 0.480 e. The molecule has 0 fully saturated rings.